The smallest absolute Gasteiger partial charge is 0.149 e. The summed E-state index contributed by atoms with van der Waals surface area (Å²) in [5.41, 5.74) is 9.49. The third-order valence-electron chi connectivity index (χ3n) is 19.7. The van der Waals surface area contributed by atoms with Crippen molar-refractivity contribution >= 4 is 90.7 Å². The van der Waals surface area contributed by atoms with Gasteiger partial charge in [-0.05, 0) is 235 Å². The van der Waals surface area contributed by atoms with Gasteiger partial charge in [0, 0.05) is 136 Å². The first kappa shape index (κ1) is 89.6. The molecule has 0 bridgehead atoms. The van der Waals surface area contributed by atoms with Gasteiger partial charge in [-0.1, -0.05) is 182 Å². The number of rotatable bonds is 44. The van der Waals surface area contributed by atoms with Crippen LogP contribution in [0, 0.1) is 138 Å². The molecule has 0 aliphatic carbocycles. The Bertz CT molecular complexity index is 5180. The van der Waals surface area contributed by atoms with E-state index in [9.17, 15) is 0 Å². The highest BCUT2D eigenvalue weighted by Gasteiger charge is 2.24. The van der Waals surface area contributed by atoms with Crippen LogP contribution in [0.1, 0.15) is 249 Å². The Balaban J connectivity index is 0.000000289. The highest BCUT2D eigenvalue weighted by Crippen LogP contribution is 2.52. The summed E-state index contributed by atoms with van der Waals surface area (Å²) >= 11 is 14.7. The third-order valence-corrected chi connectivity index (χ3v) is 29.4. The number of unbranched alkanes of at least 4 members (excludes halogenated alkanes) is 24. The van der Waals surface area contributed by atoms with Crippen molar-refractivity contribution in [2.24, 2.45) is 0 Å². The standard InChI is InChI=1S/C64H78O2S4.C38H34O2S4/c1-7-11-15-19-23-27-31-35-39-53-47-51(5)67-63(53)61-43-41-59(69-61)55-49-58(66-46-38-34-30-26-22-18-14-10-4)56(50-57(55)65-45-37-33-29-25-21-17-13-9-3)60-42-44-62(70-60)64-54(48-52(6)68-64)40-36-32-28-24-20-16-12-8-2;1-7-9-11-13-19-39-31-23-30(34-16-18-36(44-34)38-26(4)22-28(6)42-38)32(40-20-14-12-10-8-2)24-29(31)33-15-17-35(43-33)37-25(3)21-27(5)41-37/h3,41-44,47-50H,7-8,10-12,14-16,18-20,22-24,26-28,30-32,34-36,38-40,46H2,1-2,4-6H3;1,15-18,21-24H,8,10,12,14,20H2,2-6H3. The monoisotopic (exact) mass is 1660 g/mol. The van der Waals surface area contributed by atoms with Crippen LogP contribution in [-0.4, -0.2) is 13.2 Å². The molecule has 4 nitrogen and oxygen atoms in total. The van der Waals surface area contributed by atoms with Gasteiger partial charge in [-0.3, -0.25) is 0 Å². The molecule has 0 unspecified atom stereocenters. The van der Waals surface area contributed by atoms with Crippen LogP contribution in [0.5, 0.6) is 23.0 Å². The van der Waals surface area contributed by atoms with Crippen LogP contribution in [0.4, 0.5) is 0 Å². The zero-order valence-corrected chi connectivity index (χ0v) is 75.5. The van der Waals surface area contributed by atoms with E-state index < -0.39 is 0 Å². The molecule has 0 amide bonds. The molecule has 0 spiro atoms. The molecule has 12 heteroatoms. The summed E-state index contributed by atoms with van der Waals surface area (Å²) in [5, 5.41) is 0. The second-order valence-electron chi connectivity index (χ2n) is 29.1. The van der Waals surface area contributed by atoms with Crippen molar-refractivity contribution in [1.29, 1.82) is 0 Å². The number of hydrogen-bond donors (Lipinski definition) is 0. The molecule has 2 aromatic carbocycles. The van der Waals surface area contributed by atoms with Gasteiger partial charge >= 0.3 is 0 Å². The van der Waals surface area contributed by atoms with E-state index in [1.807, 2.05) is 68.0 Å². The van der Waals surface area contributed by atoms with E-state index in [1.165, 1.54) is 241 Å². The fourth-order valence-electron chi connectivity index (χ4n) is 13.9. The Hall–Kier alpha value is -8.28. The van der Waals surface area contributed by atoms with Crippen molar-refractivity contribution in [1.82, 2.24) is 0 Å². The maximum Gasteiger partial charge on any atom is 0.149 e. The van der Waals surface area contributed by atoms with Gasteiger partial charge in [-0.15, -0.1) is 104 Å². The van der Waals surface area contributed by atoms with E-state index in [2.05, 4.69) is 250 Å². The average molecular weight is 1660 g/mol. The highest BCUT2D eigenvalue weighted by molar-refractivity contribution is 7.26. The van der Waals surface area contributed by atoms with E-state index in [4.69, 9.17) is 31.8 Å². The Kier molecular flexibility index (Phi) is 39.5. The molecule has 0 saturated carbocycles. The van der Waals surface area contributed by atoms with Gasteiger partial charge in [0.1, 0.15) is 35.2 Å². The predicted molar refractivity (Wildman–Crippen MR) is 504 cm³/mol. The summed E-state index contributed by atoms with van der Waals surface area (Å²) in [6.45, 7) is 23.6. The van der Waals surface area contributed by atoms with Gasteiger partial charge in [0.25, 0.3) is 0 Å². The van der Waals surface area contributed by atoms with Crippen LogP contribution in [0.3, 0.4) is 0 Å². The summed E-state index contributed by atoms with van der Waals surface area (Å²) < 4.78 is 25.9. The summed E-state index contributed by atoms with van der Waals surface area (Å²) in [6, 6.07) is 35.8. The summed E-state index contributed by atoms with van der Waals surface area (Å²) in [5.74, 6) is 34.3. The number of benzene rings is 2. The minimum atomic E-state index is 0.666. The Morgan fingerprint density at radius 3 is 0.868 bits per heavy atom. The van der Waals surface area contributed by atoms with E-state index in [0.717, 1.165) is 85.4 Å². The van der Waals surface area contributed by atoms with E-state index in [-0.39, 0.29) is 0 Å². The lowest BCUT2D eigenvalue weighted by Crippen LogP contribution is -2.00. The predicted octanol–water partition coefficient (Wildman–Crippen LogP) is 31.9. The first-order valence-corrected chi connectivity index (χ1v) is 48.0. The SMILES string of the molecule is C#CC#CC#CC#CC#COc1cc(-c2ccc(-c3sc(C)cc3CCCCCCCCCC)s2)c(OCCCCCCCCCC)cc1-c1ccc(-c2sc(C)cc2CCCCCCCCCC)s1.C#CC#CC#COc1cc(-c2ccc(-c3sc(C)cc3C)s2)c(OCCCCCC)cc1-c1ccc(-c2sc(C)cc2C)s1. The molecule has 0 N–H and O–H groups in total. The van der Waals surface area contributed by atoms with Gasteiger partial charge in [0.05, 0.1) is 13.2 Å². The normalized spacial score (nSPS) is 10.5. The van der Waals surface area contributed by atoms with Gasteiger partial charge in [-0.2, -0.15) is 0 Å². The largest absolute Gasteiger partial charge is 0.493 e. The van der Waals surface area contributed by atoms with Gasteiger partial charge < -0.3 is 18.9 Å². The van der Waals surface area contributed by atoms with E-state index in [1.54, 1.807) is 22.7 Å². The van der Waals surface area contributed by atoms with E-state index in [0.29, 0.717) is 24.7 Å². The lowest BCUT2D eigenvalue weighted by Gasteiger charge is -2.15. The summed E-state index contributed by atoms with van der Waals surface area (Å²) in [6.07, 6.45) is 54.2. The van der Waals surface area contributed by atoms with Crippen LogP contribution >= 0.6 is 90.7 Å². The van der Waals surface area contributed by atoms with Gasteiger partial charge in [0.15, 0.2) is 0 Å². The van der Waals surface area contributed by atoms with Gasteiger partial charge in [0.2, 0.25) is 0 Å². The molecule has 8 heterocycles. The van der Waals surface area contributed by atoms with Crippen LogP contribution < -0.4 is 18.9 Å². The molecule has 592 valence electrons. The van der Waals surface area contributed by atoms with Crippen molar-refractivity contribution in [2.45, 2.75) is 262 Å². The summed E-state index contributed by atoms with van der Waals surface area (Å²) in [7, 11) is 0. The first-order chi connectivity index (χ1) is 55.8. The lowest BCUT2D eigenvalue weighted by molar-refractivity contribution is 0.305. The number of thiophene rings is 8. The lowest BCUT2D eigenvalue weighted by atomic mass is 10.0. The Morgan fingerprint density at radius 2 is 0.526 bits per heavy atom. The third kappa shape index (κ3) is 28.6. The van der Waals surface area contributed by atoms with Crippen LogP contribution in [0.2, 0.25) is 0 Å². The van der Waals surface area contributed by atoms with Crippen molar-refractivity contribution in [3.05, 3.63) is 139 Å². The topological polar surface area (TPSA) is 36.9 Å². The van der Waals surface area contributed by atoms with Crippen molar-refractivity contribution < 1.29 is 18.9 Å². The molecule has 0 radical (unpaired) electrons. The second-order valence-corrected chi connectivity index (χ2v) is 38.5. The van der Waals surface area contributed by atoms with Crippen molar-refractivity contribution in [2.75, 3.05) is 13.2 Å². The maximum atomic E-state index is 6.87. The van der Waals surface area contributed by atoms with Gasteiger partial charge in [-0.25, -0.2) is 0 Å². The fraction of sp³-hybridized carbons (Fsp3) is 0.412. The molecular formula is C102H112O4S8. The number of hydrogen-bond acceptors (Lipinski definition) is 12. The second kappa shape index (κ2) is 50.3. The average Bonchev–Trinajstić information content (AvgIpc) is 1.53. The highest BCUT2D eigenvalue weighted by atomic mass is 32.1. The summed E-state index contributed by atoms with van der Waals surface area (Å²) in [4.78, 5) is 20.4. The molecule has 10 aromatic rings. The minimum absolute atomic E-state index is 0.666. The Labute approximate surface area is 717 Å². The zero-order chi connectivity index (χ0) is 80.5. The van der Waals surface area contributed by atoms with Crippen molar-refractivity contribution in [3.63, 3.8) is 0 Å². The Morgan fingerprint density at radius 1 is 0.263 bits per heavy atom. The maximum absolute atomic E-state index is 6.87. The number of ether oxygens (including phenoxy) is 4. The minimum Gasteiger partial charge on any atom is -0.493 e. The van der Waals surface area contributed by atoms with E-state index >= 15 is 0 Å². The molecule has 10 rings (SSSR count). The quantitative estimate of drug-likeness (QED) is 0.0282. The molecular weight excluding hydrogens is 1550 g/mol. The van der Waals surface area contributed by atoms with Crippen LogP contribution in [-0.2, 0) is 12.8 Å². The first-order valence-electron chi connectivity index (χ1n) is 41.4. The number of aryl methyl sites for hydroxylation is 8. The molecule has 0 aliphatic heterocycles. The van der Waals surface area contributed by atoms with Crippen molar-refractivity contribution in [3.8, 4) is 200 Å². The number of terminal acetylenes is 2. The zero-order valence-electron chi connectivity index (χ0n) is 68.9. The molecule has 114 heavy (non-hydrogen) atoms. The molecule has 8 aromatic heterocycles. The van der Waals surface area contributed by atoms with Crippen LogP contribution in [0.15, 0.2) is 97.1 Å². The molecule has 0 saturated heterocycles. The molecule has 0 fully saturated rings. The molecule has 0 aliphatic rings. The van der Waals surface area contributed by atoms with Crippen LogP contribution in [0.25, 0.3) is 80.8 Å². The molecule has 0 atom stereocenters. The fourth-order valence-corrected chi connectivity index (χ4v) is 22.8.